The van der Waals surface area contributed by atoms with Gasteiger partial charge in [0.05, 0.1) is 13.2 Å². The fourth-order valence-corrected chi connectivity index (χ4v) is 4.50. The molecule has 0 saturated carbocycles. The molecule has 2 aromatic rings. The first-order chi connectivity index (χ1) is 15.0. The molecule has 2 aliphatic heterocycles. The first-order valence-corrected chi connectivity index (χ1v) is 10.7. The molecule has 7 heteroatoms. The van der Waals surface area contributed by atoms with Gasteiger partial charge in [-0.05, 0) is 56.0 Å². The van der Waals surface area contributed by atoms with Crippen LogP contribution in [0.4, 0.5) is 15.3 Å². The molecule has 2 heterocycles. The molecular formula is C24H29N3O4. The molecule has 7 nitrogen and oxygen atoms in total. The maximum absolute atomic E-state index is 12.7. The molecule has 0 bridgehead atoms. The molecule has 0 spiro atoms. The Kier molecular flexibility index (Phi) is 6.02. The van der Waals surface area contributed by atoms with E-state index in [1.54, 1.807) is 12.0 Å². The summed E-state index contributed by atoms with van der Waals surface area (Å²) in [5.74, 6) is 0.761. The van der Waals surface area contributed by atoms with Crippen molar-refractivity contribution in [1.82, 2.24) is 9.80 Å². The molecular weight excluding hydrogens is 394 g/mol. The zero-order valence-electron chi connectivity index (χ0n) is 18.2. The van der Waals surface area contributed by atoms with E-state index in [4.69, 9.17) is 9.47 Å². The van der Waals surface area contributed by atoms with Crippen molar-refractivity contribution < 1.29 is 19.1 Å². The summed E-state index contributed by atoms with van der Waals surface area (Å²) in [4.78, 5) is 29.0. The maximum Gasteiger partial charge on any atom is 0.411 e. The van der Waals surface area contributed by atoms with Gasteiger partial charge in [0.2, 0.25) is 0 Å². The van der Waals surface area contributed by atoms with Crippen LogP contribution < -0.4 is 10.1 Å². The van der Waals surface area contributed by atoms with Crippen molar-refractivity contribution in [2.45, 2.75) is 44.9 Å². The highest BCUT2D eigenvalue weighted by molar-refractivity contribution is 5.90. The summed E-state index contributed by atoms with van der Waals surface area (Å²) in [5, 5.41) is 2.99. The van der Waals surface area contributed by atoms with Gasteiger partial charge in [0.1, 0.15) is 11.9 Å². The van der Waals surface area contributed by atoms with E-state index in [1.807, 2.05) is 67.3 Å². The quantitative estimate of drug-likeness (QED) is 0.781. The Bertz CT molecular complexity index is 941. The molecule has 1 N–H and O–H groups in total. The van der Waals surface area contributed by atoms with Crippen molar-refractivity contribution in [3.05, 3.63) is 59.7 Å². The average Bonchev–Trinajstić information content (AvgIpc) is 3.09. The number of anilines is 1. The number of carbonyl (C=O) groups is 2. The smallest absolute Gasteiger partial charge is 0.411 e. The van der Waals surface area contributed by atoms with E-state index in [-0.39, 0.29) is 30.3 Å². The molecule has 0 radical (unpaired) electrons. The number of carbonyl (C=O) groups excluding carboxylic acids is 2. The summed E-state index contributed by atoms with van der Waals surface area (Å²) in [6, 6.07) is 15.3. The second-order valence-electron chi connectivity index (χ2n) is 8.19. The summed E-state index contributed by atoms with van der Waals surface area (Å²) in [5.41, 5.74) is 2.73. The van der Waals surface area contributed by atoms with E-state index in [2.05, 4.69) is 5.32 Å². The monoisotopic (exact) mass is 423 g/mol. The fraction of sp³-hybridized carbons (Fsp3) is 0.417. The van der Waals surface area contributed by atoms with Crippen molar-refractivity contribution in [3.8, 4) is 5.75 Å². The minimum Gasteiger partial charge on any atom is -0.497 e. The highest BCUT2D eigenvalue weighted by Gasteiger charge is 2.44. The second-order valence-corrected chi connectivity index (χ2v) is 8.19. The summed E-state index contributed by atoms with van der Waals surface area (Å²) < 4.78 is 10.9. The lowest BCUT2D eigenvalue weighted by Gasteiger charge is -2.37. The number of nitrogens with one attached hydrogen (secondary N) is 1. The fourth-order valence-electron chi connectivity index (χ4n) is 4.50. The van der Waals surface area contributed by atoms with E-state index in [1.165, 1.54) is 0 Å². The lowest BCUT2D eigenvalue weighted by Crippen LogP contribution is -2.50. The Labute approximate surface area is 182 Å². The minimum absolute atomic E-state index is 0.0396. The second kappa shape index (κ2) is 8.88. The minimum atomic E-state index is -0.266. The van der Waals surface area contributed by atoms with Crippen molar-refractivity contribution in [1.29, 1.82) is 0 Å². The van der Waals surface area contributed by atoms with Gasteiger partial charge in [-0.2, -0.15) is 0 Å². The van der Waals surface area contributed by atoms with Gasteiger partial charge in [-0.3, -0.25) is 4.90 Å². The third-order valence-corrected chi connectivity index (χ3v) is 6.26. The Hall–Kier alpha value is -3.22. The Morgan fingerprint density at radius 3 is 2.48 bits per heavy atom. The van der Waals surface area contributed by atoms with E-state index in [0.29, 0.717) is 13.1 Å². The number of likely N-dealkylation sites (tertiary alicyclic amines) is 1. The third kappa shape index (κ3) is 4.31. The number of ether oxygens (including phenoxy) is 2. The number of urea groups is 1. The molecule has 3 amide bonds. The predicted molar refractivity (Wildman–Crippen MR) is 118 cm³/mol. The number of hydrogen-bond acceptors (Lipinski definition) is 4. The number of nitrogens with zero attached hydrogens (tertiary/aromatic N) is 2. The van der Waals surface area contributed by atoms with Crippen LogP contribution in [0, 0.1) is 6.92 Å². The highest BCUT2D eigenvalue weighted by Crippen LogP contribution is 2.35. The number of hydrogen-bond donors (Lipinski definition) is 1. The van der Waals surface area contributed by atoms with E-state index in [0.717, 1.165) is 35.4 Å². The molecule has 0 aromatic heterocycles. The predicted octanol–water partition coefficient (Wildman–Crippen LogP) is 4.58. The summed E-state index contributed by atoms with van der Waals surface area (Å²) in [7, 11) is 1.62. The number of methoxy groups -OCH3 is 1. The van der Waals surface area contributed by atoms with Crippen LogP contribution in [0.3, 0.4) is 0 Å². The molecule has 0 aliphatic carbocycles. The van der Waals surface area contributed by atoms with E-state index in [9.17, 15) is 9.59 Å². The van der Waals surface area contributed by atoms with Gasteiger partial charge in [-0.1, -0.05) is 30.3 Å². The van der Waals surface area contributed by atoms with Crippen LogP contribution in [0.1, 0.15) is 37.0 Å². The maximum atomic E-state index is 12.7. The molecule has 2 aliphatic rings. The van der Waals surface area contributed by atoms with Gasteiger partial charge in [0, 0.05) is 24.8 Å². The van der Waals surface area contributed by atoms with E-state index >= 15 is 0 Å². The van der Waals surface area contributed by atoms with Gasteiger partial charge in [-0.25, -0.2) is 9.59 Å². The molecule has 2 aromatic carbocycles. The van der Waals surface area contributed by atoms with Gasteiger partial charge in [0.15, 0.2) is 0 Å². The average molecular weight is 424 g/mol. The third-order valence-electron chi connectivity index (χ3n) is 6.26. The number of amides is 3. The number of cyclic esters (lactones) is 1. The van der Waals surface area contributed by atoms with Gasteiger partial charge in [-0.15, -0.1) is 0 Å². The first kappa shape index (κ1) is 21.0. The van der Waals surface area contributed by atoms with Crippen LogP contribution in [-0.2, 0) is 4.74 Å². The standard InChI is InChI=1S/C24H29N3O4/c1-16-15-20(30-3)9-10-21(16)25-23(28)26-13-11-19(12-14-26)27-17(2)22(31-24(27)29)18-7-5-4-6-8-18/h4-10,15,17,19,22H,11-14H2,1-3H3,(H,25,28). The van der Waals surface area contributed by atoms with Crippen molar-refractivity contribution in [2.24, 2.45) is 0 Å². The largest absolute Gasteiger partial charge is 0.497 e. The molecule has 2 unspecified atom stereocenters. The zero-order chi connectivity index (χ0) is 22.0. The Morgan fingerprint density at radius 2 is 1.84 bits per heavy atom. The Balaban J connectivity index is 1.35. The van der Waals surface area contributed by atoms with Crippen LogP contribution in [0.2, 0.25) is 0 Å². The molecule has 2 atom stereocenters. The van der Waals surface area contributed by atoms with Crippen LogP contribution in [0.15, 0.2) is 48.5 Å². The van der Waals surface area contributed by atoms with E-state index < -0.39 is 0 Å². The van der Waals surface area contributed by atoms with Gasteiger partial charge in [0.25, 0.3) is 0 Å². The van der Waals surface area contributed by atoms with Crippen molar-refractivity contribution in [3.63, 3.8) is 0 Å². The summed E-state index contributed by atoms with van der Waals surface area (Å²) >= 11 is 0. The lowest BCUT2D eigenvalue weighted by molar-refractivity contribution is 0.115. The molecule has 31 heavy (non-hydrogen) atoms. The highest BCUT2D eigenvalue weighted by atomic mass is 16.6. The number of piperidine rings is 1. The summed E-state index contributed by atoms with van der Waals surface area (Å²) in [6.07, 6.45) is 0.942. The van der Waals surface area contributed by atoms with Gasteiger partial charge >= 0.3 is 12.1 Å². The Morgan fingerprint density at radius 1 is 1.13 bits per heavy atom. The SMILES string of the molecule is COc1ccc(NC(=O)N2CCC(N3C(=O)OC(c4ccccc4)C3C)CC2)c(C)c1. The van der Waals surface area contributed by atoms with Crippen molar-refractivity contribution in [2.75, 3.05) is 25.5 Å². The zero-order valence-corrected chi connectivity index (χ0v) is 18.2. The lowest BCUT2D eigenvalue weighted by atomic mass is 9.98. The van der Waals surface area contributed by atoms with Crippen LogP contribution in [-0.4, -0.2) is 54.2 Å². The normalized spacial score (nSPS) is 21.7. The molecule has 2 fully saturated rings. The number of aryl methyl sites for hydroxylation is 1. The molecule has 2 saturated heterocycles. The van der Waals surface area contributed by atoms with Gasteiger partial charge < -0.3 is 19.7 Å². The van der Waals surface area contributed by atoms with Crippen LogP contribution in [0.5, 0.6) is 5.75 Å². The van der Waals surface area contributed by atoms with Crippen molar-refractivity contribution >= 4 is 17.8 Å². The van der Waals surface area contributed by atoms with Crippen LogP contribution in [0.25, 0.3) is 0 Å². The first-order valence-electron chi connectivity index (χ1n) is 10.7. The number of rotatable bonds is 4. The molecule has 4 rings (SSSR count). The topological polar surface area (TPSA) is 71.1 Å². The summed E-state index contributed by atoms with van der Waals surface area (Å²) in [6.45, 7) is 5.17. The molecule has 164 valence electrons. The van der Waals surface area contributed by atoms with Crippen LogP contribution >= 0.6 is 0 Å². The number of benzene rings is 2.